The predicted molar refractivity (Wildman–Crippen MR) is 70.2 cm³/mol. The average molecular weight is 251 g/mol. The zero-order chi connectivity index (χ0) is 13.1. The van der Waals surface area contributed by atoms with Crippen molar-refractivity contribution in [1.82, 2.24) is 15.1 Å². The highest BCUT2D eigenvalue weighted by molar-refractivity contribution is 5.94. The Labute approximate surface area is 107 Å². The summed E-state index contributed by atoms with van der Waals surface area (Å²) >= 11 is 0. The Morgan fingerprint density at radius 3 is 3.00 bits per heavy atom. The van der Waals surface area contributed by atoms with E-state index in [1.165, 1.54) is 0 Å². The van der Waals surface area contributed by atoms with Crippen LogP contribution in [-0.2, 0) is 4.79 Å². The molecule has 6 nitrogen and oxygen atoms in total. The lowest BCUT2D eigenvalue weighted by Crippen LogP contribution is -2.45. The molecule has 0 saturated carbocycles. The molecule has 2 unspecified atom stereocenters. The molecule has 2 rings (SSSR count). The van der Waals surface area contributed by atoms with E-state index >= 15 is 0 Å². The number of carbonyl (C=O) groups excluding carboxylic acids is 1. The Balaban J connectivity index is 2.00. The Morgan fingerprint density at radius 2 is 2.44 bits per heavy atom. The maximum Gasteiger partial charge on any atom is 0.242 e. The molecule has 18 heavy (non-hydrogen) atoms. The van der Waals surface area contributed by atoms with E-state index in [0.717, 1.165) is 25.3 Å². The van der Waals surface area contributed by atoms with E-state index in [0.29, 0.717) is 6.04 Å². The van der Waals surface area contributed by atoms with E-state index < -0.39 is 6.04 Å². The summed E-state index contributed by atoms with van der Waals surface area (Å²) in [6, 6.07) is 1.66. The minimum absolute atomic E-state index is 0.140. The third-order valence-electron chi connectivity index (χ3n) is 3.59. The molecule has 6 heteroatoms. The highest BCUT2D eigenvalue weighted by Crippen LogP contribution is 2.18. The van der Waals surface area contributed by atoms with Crippen molar-refractivity contribution in [3.8, 4) is 0 Å². The van der Waals surface area contributed by atoms with Crippen LogP contribution in [0.2, 0.25) is 0 Å². The number of nitrogens with zero attached hydrogens (tertiary/aromatic N) is 2. The Morgan fingerprint density at radius 1 is 1.72 bits per heavy atom. The molecule has 1 aromatic rings. The summed E-state index contributed by atoms with van der Waals surface area (Å²) in [6.45, 7) is 5.80. The molecule has 2 heterocycles. The number of nitrogens with one attached hydrogen (secondary N) is 2. The summed E-state index contributed by atoms with van der Waals surface area (Å²) in [5, 5.41) is 10.3. The van der Waals surface area contributed by atoms with Crippen molar-refractivity contribution in [2.45, 2.75) is 32.4 Å². The zero-order valence-electron chi connectivity index (χ0n) is 10.9. The first-order chi connectivity index (χ1) is 8.63. The van der Waals surface area contributed by atoms with E-state index in [4.69, 9.17) is 5.73 Å². The minimum Gasteiger partial charge on any atom is -0.320 e. The van der Waals surface area contributed by atoms with E-state index in [2.05, 4.69) is 15.7 Å². The lowest BCUT2D eigenvalue weighted by molar-refractivity contribution is -0.118. The number of anilines is 1. The Kier molecular flexibility index (Phi) is 3.98. The third kappa shape index (κ3) is 2.54. The molecular formula is C12H21N5O. The Bertz CT molecular complexity index is 412. The van der Waals surface area contributed by atoms with Gasteiger partial charge in [0.2, 0.25) is 5.91 Å². The number of amides is 1. The topological polar surface area (TPSA) is 85.0 Å². The number of nitrogens with two attached hydrogens (primary N) is 1. The number of hydrogen-bond donors (Lipinski definition) is 3. The monoisotopic (exact) mass is 251 g/mol. The quantitative estimate of drug-likeness (QED) is 0.704. The second kappa shape index (κ2) is 5.49. The van der Waals surface area contributed by atoms with Crippen LogP contribution < -0.4 is 16.4 Å². The van der Waals surface area contributed by atoms with E-state index in [1.807, 2.05) is 18.5 Å². The van der Waals surface area contributed by atoms with Gasteiger partial charge in [-0.1, -0.05) is 20.3 Å². The lowest BCUT2D eigenvalue weighted by atomic mass is 9.99. The molecule has 100 valence electrons. The second-order valence-corrected chi connectivity index (χ2v) is 4.87. The molecule has 1 aromatic heterocycles. The van der Waals surface area contributed by atoms with Crippen molar-refractivity contribution in [2.24, 2.45) is 11.7 Å². The van der Waals surface area contributed by atoms with Gasteiger partial charge in [-0.3, -0.25) is 4.79 Å². The second-order valence-electron chi connectivity index (χ2n) is 4.87. The van der Waals surface area contributed by atoms with E-state index in [9.17, 15) is 4.79 Å². The average Bonchev–Trinajstić information content (AvgIpc) is 2.73. The van der Waals surface area contributed by atoms with Crippen molar-refractivity contribution in [2.75, 3.05) is 18.4 Å². The van der Waals surface area contributed by atoms with Gasteiger partial charge < -0.3 is 16.4 Å². The smallest absolute Gasteiger partial charge is 0.242 e. The van der Waals surface area contributed by atoms with E-state index in [-0.39, 0.29) is 11.8 Å². The van der Waals surface area contributed by atoms with Gasteiger partial charge in [-0.15, -0.1) is 0 Å². The first kappa shape index (κ1) is 13.0. The first-order valence-electron chi connectivity index (χ1n) is 6.44. The van der Waals surface area contributed by atoms with Crippen LogP contribution in [0.4, 0.5) is 5.82 Å². The van der Waals surface area contributed by atoms with Crippen molar-refractivity contribution < 1.29 is 4.79 Å². The molecule has 1 saturated heterocycles. The summed E-state index contributed by atoms with van der Waals surface area (Å²) in [5.74, 6) is 0.760. The fraction of sp³-hybridized carbons (Fsp3) is 0.667. The molecule has 0 radical (unpaired) electrons. The van der Waals surface area contributed by atoms with Crippen LogP contribution in [0.1, 0.15) is 26.3 Å². The molecule has 4 N–H and O–H groups in total. The van der Waals surface area contributed by atoms with Crippen LogP contribution >= 0.6 is 0 Å². The van der Waals surface area contributed by atoms with Gasteiger partial charge in [0.05, 0.1) is 18.3 Å². The van der Waals surface area contributed by atoms with Crippen LogP contribution in [0, 0.1) is 5.92 Å². The maximum atomic E-state index is 12.0. The van der Waals surface area contributed by atoms with E-state index in [1.54, 1.807) is 12.3 Å². The highest BCUT2D eigenvalue weighted by Gasteiger charge is 2.24. The molecule has 0 spiro atoms. The molecule has 1 fully saturated rings. The molecule has 2 atom stereocenters. The summed E-state index contributed by atoms with van der Waals surface area (Å²) < 4.78 is 1.84. The molecule has 1 amide bonds. The predicted octanol–water partition coefficient (Wildman–Crippen LogP) is 0.339. The summed E-state index contributed by atoms with van der Waals surface area (Å²) in [4.78, 5) is 12.0. The van der Waals surface area contributed by atoms with Gasteiger partial charge in [0.25, 0.3) is 0 Å². The Hall–Kier alpha value is -1.40. The van der Waals surface area contributed by atoms with Gasteiger partial charge in [-0.2, -0.15) is 5.10 Å². The number of hydrogen-bond acceptors (Lipinski definition) is 4. The molecule has 1 aliphatic rings. The van der Waals surface area contributed by atoms with Crippen molar-refractivity contribution in [1.29, 1.82) is 0 Å². The normalized spacial score (nSPS) is 19.1. The minimum atomic E-state index is -0.474. The van der Waals surface area contributed by atoms with Gasteiger partial charge in [0, 0.05) is 19.2 Å². The van der Waals surface area contributed by atoms with Crippen molar-refractivity contribution in [3.63, 3.8) is 0 Å². The van der Waals surface area contributed by atoms with Crippen LogP contribution in [0.5, 0.6) is 0 Å². The molecule has 0 aromatic carbocycles. The fourth-order valence-electron chi connectivity index (χ4n) is 1.87. The fourth-order valence-corrected chi connectivity index (χ4v) is 1.87. The van der Waals surface area contributed by atoms with Crippen LogP contribution in [-0.4, -0.2) is 34.8 Å². The largest absolute Gasteiger partial charge is 0.320 e. The number of carbonyl (C=O) groups is 1. The van der Waals surface area contributed by atoms with Crippen molar-refractivity contribution >= 4 is 11.7 Å². The SMILES string of the molecule is CCC(C)C(N)C(=O)Nc1ccnn1C1CNC1. The highest BCUT2D eigenvalue weighted by atomic mass is 16.2. The van der Waals surface area contributed by atoms with Gasteiger partial charge in [-0.25, -0.2) is 4.68 Å². The van der Waals surface area contributed by atoms with Gasteiger partial charge in [-0.05, 0) is 5.92 Å². The summed E-state index contributed by atoms with van der Waals surface area (Å²) in [7, 11) is 0. The molecule has 0 aliphatic carbocycles. The van der Waals surface area contributed by atoms with Crippen LogP contribution in [0.15, 0.2) is 12.3 Å². The summed E-state index contributed by atoms with van der Waals surface area (Å²) in [5.41, 5.74) is 5.91. The van der Waals surface area contributed by atoms with Crippen LogP contribution in [0.3, 0.4) is 0 Å². The first-order valence-corrected chi connectivity index (χ1v) is 6.44. The molecular weight excluding hydrogens is 230 g/mol. The zero-order valence-corrected chi connectivity index (χ0v) is 10.9. The number of rotatable bonds is 5. The standard InChI is InChI=1S/C12H21N5O/c1-3-8(2)11(13)12(18)16-10-4-5-15-17(10)9-6-14-7-9/h4-5,8-9,11,14H,3,6-7,13H2,1-2H3,(H,16,18). The van der Waals surface area contributed by atoms with Crippen LogP contribution in [0.25, 0.3) is 0 Å². The van der Waals surface area contributed by atoms with Gasteiger partial charge in [0.15, 0.2) is 0 Å². The van der Waals surface area contributed by atoms with Gasteiger partial charge in [0.1, 0.15) is 5.82 Å². The van der Waals surface area contributed by atoms with Gasteiger partial charge >= 0.3 is 0 Å². The molecule has 0 bridgehead atoms. The van der Waals surface area contributed by atoms with Crippen molar-refractivity contribution in [3.05, 3.63) is 12.3 Å². The third-order valence-corrected chi connectivity index (χ3v) is 3.59. The number of aromatic nitrogens is 2. The summed E-state index contributed by atoms with van der Waals surface area (Å²) in [6.07, 6.45) is 2.59. The lowest BCUT2D eigenvalue weighted by Gasteiger charge is -2.29. The molecule has 1 aliphatic heterocycles. The maximum absolute atomic E-state index is 12.0.